The summed E-state index contributed by atoms with van der Waals surface area (Å²) in [6, 6.07) is 31.2. The fourth-order valence-electron chi connectivity index (χ4n) is 12.1. The number of hydrogen-bond acceptors (Lipinski definition) is 3. The van der Waals surface area contributed by atoms with Crippen molar-refractivity contribution in [2.45, 2.75) is 135 Å². The predicted octanol–water partition coefficient (Wildman–Crippen LogP) is 12.5. The monoisotopic (exact) mass is 722 g/mol. The number of aryl methyl sites for hydroxylation is 1. The maximum absolute atomic E-state index is 6.98. The Morgan fingerprint density at radius 3 is 2.05 bits per heavy atom. The van der Waals surface area contributed by atoms with Gasteiger partial charge in [0.1, 0.15) is 11.2 Å². The molecule has 2 atom stereocenters. The van der Waals surface area contributed by atoms with E-state index in [1.165, 1.54) is 116 Å². The Labute approximate surface area is 328 Å². The van der Waals surface area contributed by atoms with E-state index >= 15 is 0 Å². The van der Waals surface area contributed by atoms with E-state index in [1.807, 2.05) is 0 Å². The van der Waals surface area contributed by atoms with Gasteiger partial charge in [-0.3, -0.25) is 0 Å². The van der Waals surface area contributed by atoms with E-state index < -0.39 is 0 Å². The van der Waals surface area contributed by atoms with Crippen LogP contribution in [0.2, 0.25) is 0 Å². The Balaban J connectivity index is 1.26. The number of para-hydroxylation sites is 1. The van der Waals surface area contributed by atoms with Crippen LogP contribution >= 0.6 is 0 Å². The Hall–Kier alpha value is -4.44. The molecule has 6 aromatic rings. The lowest BCUT2D eigenvalue weighted by molar-refractivity contribution is 0.195. The highest BCUT2D eigenvalue weighted by molar-refractivity contribution is 6.93. The van der Waals surface area contributed by atoms with Gasteiger partial charge in [0.05, 0.1) is 5.54 Å². The summed E-state index contributed by atoms with van der Waals surface area (Å²) in [7, 11) is 0. The highest BCUT2D eigenvalue weighted by Gasteiger charge is 2.62. The summed E-state index contributed by atoms with van der Waals surface area (Å²) in [6.45, 7) is 24.4. The smallest absolute Gasteiger partial charge is 0.333 e. The molecule has 0 amide bonds. The van der Waals surface area contributed by atoms with Gasteiger partial charge >= 0.3 is 6.85 Å². The van der Waals surface area contributed by atoms with E-state index in [9.17, 15) is 0 Å². The Kier molecular flexibility index (Phi) is 6.46. The molecule has 3 nitrogen and oxygen atoms in total. The maximum Gasteiger partial charge on any atom is 0.333 e. The fraction of sp³-hybridized carbons (Fsp3) is 0.412. The molecule has 2 aliphatic carbocycles. The average Bonchev–Trinajstić information content (AvgIpc) is 3.59. The topological polar surface area (TPSA) is 19.6 Å². The second-order valence-electron chi connectivity index (χ2n) is 20.8. The van der Waals surface area contributed by atoms with Gasteiger partial charge in [-0.1, -0.05) is 105 Å². The molecular weight excluding hydrogens is 667 g/mol. The first-order valence-electron chi connectivity index (χ1n) is 21.1. The summed E-state index contributed by atoms with van der Waals surface area (Å²) in [6.07, 6.45) is 7.37. The van der Waals surface area contributed by atoms with Gasteiger partial charge in [0.2, 0.25) is 0 Å². The molecule has 0 bridgehead atoms. The standard InChI is InChI=1S/C51H55BN2O/c1-30-22-36-33-26-34-35-27-37-38(49(7,8)21-20-48(37,5)6)28-43(35)55-44(34)29-41(33)54(32-16-12-11-13-17-32)52-40-25-31(47(2,3)4)24-39-46(40)53(42(23-30)45(36)52)51(10)19-15-14-18-50(39,51)9/h11-13,16-17,22-29H,14-15,18-21H2,1-10H3. The van der Waals surface area contributed by atoms with Crippen LogP contribution < -0.4 is 20.6 Å². The number of anilines is 4. The summed E-state index contributed by atoms with van der Waals surface area (Å²) in [5, 5.41) is 2.46. The maximum atomic E-state index is 6.98. The number of hydrogen-bond donors (Lipinski definition) is 0. The molecule has 11 rings (SSSR count). The molecule has 4 heterocycles. The molecule has 1 fully saturated rings. The van der Waals surface area contributed by atoms with Crippen LogP contribution in [0.5, 0.6) is 0 Å². The minimum Gasteiger partial charge on any atom is -0.456 e. The molecule has 4 heteroatoms. The lowest BCUT2D eigenvalue weighted by Crippen LogP contribution is -2.64. The van der Waals surface area contributed by atoms with Crippen molar-refractivity contribution in [2.24, 2.45) is 0 Å². The van der Waals surface area contributed by atoms with Gasteiger partial charge in [0.15, 0.2) is 0 Å². The van der Waals surface area contributed by atoms with Crippen LogP contribution in [0.1, 0.15) is 129 Å². The third-order valence-electron chi connectivity index (χ3n) is 15.6. The summed E-state index contributed by atoms with van der Waals surface area (Å²) in [4.78, 5) is 5.54. The Morgan fingerprint density at radius 1 is 0.655 bits per heavy atom. The van der Waals surface area contributed by atoms with Crippen LogP contribution in [-0.4, -0.2) is 12.4 Å². The van der Waals surface area contributed by atoms with E-state index in [0.29, 0.717) is 0 Å². The normalized spacial score (nSPS) is 24.1. The minimum atomic E-state index is -0.00633. The molecule has 0 radical (unpaired) electrons. The predicted molar refractivity (Wildman–Crippen MR) is 234 cm³/mol. The summed E-state index contributed by atoms with van der Waals surface area (Å²) < 4.78 is 6.98. The van der Waals surface area contributed by atoms with E-state index in [2.05, 4.69) is 158 Å². The Bertz CT molecular complexity index is 2660. The van der Waals surface area contributed by atoms with Crippen molar-refractivity contribution in [3.8, 4) is 11.1 Å². The number of fused-ring (bicyclic) bond motifs is 11. The largest absolute Gasteiger partial charge is 0.456 e. The zero-order valence-corrected chi connectivity index (χ0v) is 34.6. The molecule has 5 aliphatic rings. The van der Waals surface area contributed by atoms with Gasteiger partial charge in [-0.25, -0.2) is 0 Å². The molecular formula is C51H55BN2O. The van der Waals surface area contributed by atoms with Gasteiger partial charge < -0.3 is 14.1 Å². The second kappa shape index (κ2) is 10.5. The van der Waals surface area contributed by atoms with E-state index in [-0.39, 0.29) is 34.0 Å². The lowest BCUT2D eigenvalue weighted by atomic mass is 9.43. The van der Waals surface area contributed by atoms with Crippen molar-refractivity contribution in [3.63, 3.8) is 0 Å². The second-order valence-corrected chi connectivity index (χ2v) is 20.8. The highest BCUT2D eigenvalue weighted by atomic mass is 16.3. The van der Waals surface area contributed by atoms with Crippen LogP contribution in [0.3, 0.4) is 0 Å². The first-order valence-corrected chi connectivity index (χ1v) is 21.1. The van der Waals surface area contributed by atoms with Gasteiger partial charge in [-0.05, 0) is 136 Å². The van der Waals surface area contributed by atoms with Crippen LogP contribution in [0.25, 0.3) is 33.1 Å². The van der Waals surface area contributed by atoms with Gasteiger partial charge in [-0.15, -0.1) is 0 Å². The average molecular weight is 723 g/mol. The number of benzene rings is 5. The zero-order valence-electron chi connectivity index (χ0n) is 34.6. The number of rotatable bonds is 1. The van der Waals surface area contributed by atoms with E-state index in [1.54, 1.807) is 5.56 Å². The molecule has 0 spiro atoms. The molecule has 55 heavy (non-hydrogen) atoms. The first-order chi connectivity index (χ1) is 26.0. The molecule has 1 saturated carbocycles. The van der Waals surface area contributed by atoms with Gasteiger partial charge in [-0.2, -0.15) is 0 Å². The minimum absolute atomic E-state index is 0.00633. The number of furan rings is 1. The highest BCUT2D eigenvalue weighted by Crippen LogP contribution is 2.63. The zero-order chi connectivity index (χ0) is 38.2. The van der Waals surface area contributed by atoms with Gasteiger partial charge in [0, 0.05) is 50.6 Å². The van der Waals surface area contributed by atoms with Crippen molar-refractivity contribution in [1.29, 1.82) is 0 Å². The Morgan fingerprint density at radius 2 is 1.33 bits per heavy atom. The molecule has 278 valence electrons. The van der Waals surface area contributed by atoms with Crippen molar-refractivity contribution < 1.29 is 4.42 Å². The lowest BCUT2D eigenvalue weighted by Gasteiger charge is -2.53. The van der Waals surface area contributed by atoms with Crippen molar-refractivity contribution in [2.75, 3.05) is 9.71 Å². The summed E-state index contributed by atoms with van der Waals surface area (Å²) in [5.74, 6) is 0. The third-order valence-corrected chi connectivity index (χ3v) is 15.6. The van der Waals surface area contributed by atoms with Crippen LogP contribution in [-0.2, 0) is 21.7 Å². The van der Waals surface area contributed by atoms with Crippen LogP contribution in [0, 0.1) is 6.92 Å². The number of nitrogens with zero attached hydrogens (tertiary/aromatic N) is 2. The molecule has 5 aromatic carbocycles. The molecule has 0 N–H and O–H groups in total. The van der Waals surface area contributed by atoms with Crippen LogP contribution in [0.4, 0.5) is 22.7 Å². The fourth-order valence-corrected chi connectivity index (χ4v) is 12.1. The van der Waals surface area contributed by atoms with Gasteiger partial charge in [0.25, 0.3) is 0 Å². The third kappa shape index (κ3) is 4.24. The van der Waals surface area contributed by atoms with E-state index in [0.717, 1.165) is 11.2 Å². The molecule has 2 unspecified atom stereocenters. The SMILES string of the molecule is Cc1cc2c3c(c1)N1c4c(cc(C(C)(C)C)cc4C4(C)CCCCC14C)B3N(c1ccccc1)c1cc3oc4cc5c(cc4c3cc1-2)C(C)(C)CCC5(C)C. The summed E-state index contributed by atoms with van der Waals surface area (Å²) >= 11 is 0. The van der Waals surface area contributed by atoms with E-state index in [4.69, 9.17) is 4.42 Å². The van der Waals surface area contributed by atoms with Crippen molar-refractivity contribution >= 4 is 62.5 Å². The molecule has 1 aromatic heterocycles. The van der Waals surface area contributed by atoms with Crippen molar-refractivity contribution in [1.82, 2.24) is 0 Å². The van der Waals surface area contributed by atoms with Crippen LogP contribution in [0.15, 0.2) is 83.3 Å². The quantitative estimate of drug-likeness (QED) is 0.158. The molecule has 0 saturated heterocycles. The summed E-state index contributed by atoms with van der Waals surface area (Å²) in [5.41, 5.74) is 20.5. The van der Waals surface area contributed by atoms with Crippen molar-refractivity contribution in [3.05, 3.63) is 107 Å². The molecule has 3 aliphatic heterocycles. The first kappa shape index (κ1) is 33.9.